The summed E-state index contributed by atoms with van der Waals surface area (Å²) < 4.78 is 44.0. The lowest BCUT2D eigenvalue weighted by atomic mass is 9.98. The summed E-state index contributed by atoms with van der Waals surface area (Å²) in [6.45, 7) is 5.10. The number of halogens is 3. The summed E-state index contributed by atoms with van der Waals surface area (Å²) in [6, 6.07) is 9.94. The average Bonchev–Trinajstić information content (AvgIpc) is 3.10. The highest BCUT2D eigenvalue weighted by Gasteiger charge is 2.41. The SMILES string of the molecule is C[C@H](c1nn(CN2CCC[C@H](C(F)(F)F)C2)c(=S)n1-c1ccccc1)N1CCCCC1. The Kier molecular flexibility index (Phi) is 6.83. The molecular formula is C22H30F3N5S. The largest absolute Gasteiger partial charge is 0.393 e. The molecule has 2 fully saturated rings. The van der Waals surface area contributed by atoms with Crippen LogP contribution in [-0.2, 0) is 6.67 Å². The van der Waals surface area contributed by atoms with E-state index in [1.165, 1.54) is 19.3 Å². The van der Waals surface area contributed by atoms with Crippen molar-refractivity contribution < 1.29 is 13.2 Å². The average molecular weight is 454 g/mol. The van der Waals surface area contributed by atoms with Gasteiger partial charge in [-0.3, -0.25) is 14.4 Å². The Balaban J connectivity index is 1.64. The summed E-state index contributed by atoms with van der Waals surface area (Å²) in [4.78, 5) is 4.25. The van der Waals surface area contributed by atoms with E-state index in [1.54, 1.807) is 4.68 Å². The normalized spacial score (nSPS) is 22.5. The maximum absolute atomic E-state index is 13.3. The second-order valence-corrected chi connectivity index (χ2v) is 9.05. The van der Waals surface area contributed by atoms with Crippen LogP contribution in [0.25, 0.3) is 5.69 Å². The molecule has 9 heteroatoms. The van der Waals surface area contributed by atoms with Crippen LogP contribution in [0, 0.1) is 10.7 Å². The third-order valence-electron chi connectivity index (χ3n) is 6.49. The summed E-state index contributed by atoms with van der Waals surface area (Å²) >= 11 is 5.78. The van der Waals surface area contributed by atoms with Gasteiger partial charge in [0, 0.05) is 12.2 Å². The highest BCUT2D eigenvalue weighted by Crippen LogP contribution is 2.33. The zero-order valence-corrected chi connectivity index (χ0v) is 18.7. The van der Waals surface area contributed by atoms with Gasteiger partial charge in [0.1, 0.15) is 0 Å². The molecule has 0 aliphatic carbocycles. The zero-order chi connectivity index (χ0) is 22.0. The van der Waals surface area contributed by atoms with Crippen LogP contribution in [0.3, 0.4) is 0 Å². The van der Waals surface area contributed by atoms with Crippen LogP contribution in [0.4, 0.5) is 13.2 Å². The smallest absolute Gasteiger partial charge is 0.294 e. The van der Waals surface area contributed by atoms with Crippen LogP contribution >= 0.6 is 12.2 Å². The third-order valence-corrected chi connectivity index (χ3v) is 6.89. The lowest BCUT2D eigenvalue weighted by Crippen LogP contribution is -2.42. The molecule has 0 unspecified atom stereocenters. The fourth-order valence-corrected chi connectivity index (χ4v) is 5.01. The molecule has 4 rings (SSSR count). The van der Waals surface area contributed by atoms with Crippen molar-refractivity contribution >= 4 is 12.2 Å². The highest BCUT2D eigenvalue weighted by atomic mass is 32.1. The van der Waals surface area contributed by atoms with Gasteiger partial charge >= 0.3 is 6.18 Å². The number of aromatic nitrogens is 3. The lowest BCUT2D eigenvalue weighted by molar-refractivity contribution is -0.188. The van der Waals surface area contributed by atoms with Gasteiger partial charge in [-0.05, 0) is 76.6 Å². The van der Waals surface area contributed by atoms with Crippen molar-refractivity contribution in [3.8, 4) is 5.69 Å². The molecule has 0 spiro atoms. The Hall–Kier alpha value is -1.71. The topological polar surface area (TPSA) is 29.2 Å². The Labute approximate surface area is 186 Å². The third kappa shape index (κ3) is 5.04. The monoisotopic (exact) mass is 453 g/mol. The molecule has 0 amide bonds. The van der Waals surface area contributed by atoms with Crippen LogP contribution in [0.5, 0.6) is 0 Å². The minimum atomic E-state index is -4.16. The second-order valence-electron chi connectivity index (χ2n) is 8.68. The second kappa shape index (κ2) is 9.42. The number of piperidine rings is 2. The zero-order valence-electron chi connectivity index (χ0n) is 17.9. The number of hydrogen-bond donors (Lipinski definition) is 0. The molecular weight excluding hydrogens is 423 g/mol. The molecule has 0 bridgehead atoms. The molecule has 2 aliphatic rings. The van der Waals surface area contributed by atoms with E-state index in [2.05, 4.69) is 11.8 Å². The van der Waals surface area contributed by atoms with Crippen LogP contribution in [0.1, 0.15) is 50.9 Å². The minimum Gasteiger partial charge on any atom is -0.294 e. The molecule has 170 valence electrons. The summed E-state index contributed by atoms with van der Waals surface area (Å²) in [7, 11) is 0. The number of hydrogen-bond acceptors (Lipinski definition) is 4. The van der Waals surface area contributed by atoms with Crippen LogP contribution < -0.4 is 0 Å². The van der Waals surface area contributed by atoms with E-state index in [4.69, 9.17) is 17.3 Å². The summed E-state index contributed by atoms with van der Waals surface area (Å²) in [5.41, 5.74) is 0.935. The van der Waals surface area contributed by atoms with E-state index in [9.17, 15) is 13.2 Å². The predicted octanol–water partition coefficient (Wildman–Crippen LogP) is 5.18. The minimum absolute atomic E-state index is 0.000478. The van der Waals surface area contributed by atoms with Crippen LogP contribution in [-0.4, -0.2) is 56.5 Å². The fraction of sp³-hybridized carbons (Fsp3) is 0.636. The molecule has 0 radical (unpaired) electrons. The molecule has 2 aromatic rings. The van der Waals surface area contributed by atoms with Gasteiger partial charge in [-0.2, -0.15) is 18.3 Å². The van der Waals surface area contributed by atoms with Crippen molar-refractivity contribution in [2.24, 2.45) is 5.92 Å². The Morgan fingerprint density at radius 3 is 2.45 bits per heavy atom. The molecule has 0 saturated carbocycles. The van der Waals surface area contributed by atoms with Gasteiger partial charge in [-0.1, -0.05) is 24.6 Å². The first kappa shape index (κ1) is 22.5. The molecule has 3 heterocycles. The van der Waals surface area contributed by atoms with Crippen molar-refractivity contribution in [1.29, 1.82) is 0 Å². The first-order valence-corrected chi connectivity index (χ1v) is 11.5. The summed E-state index contributed by atoms with van der Waals surface area (Å²) in [5, 5.41) is 4.85. The van der Waals surface area contributed by atoms with Crippen LogP contribution in [0.2, 0.25) is 0 Å². The van der Waals surface area contributed by atoms with Crippen molar-refractivity contribution in [3.05, 3.63) is 40.9 Å². The van der Waals surface area contributed by atoms with Gasteiger partial charge in [-0.15, -0.1) is 0 Å². The Morgan fingerprint density at radius 2 is 1.77 bits per heavy atom. The van der Waals surface area contributed by atoms with Crippen LogP contribution in [0.15, 0.2) is 30.3 Å². The number of benzene rings is 1. The van der Waals surface area contributed by atoms with E-state index in [0.29, 0.717) is 17.7 Å². The molecule has 0 N–H and O–H groups in total. The number of likely N-dealkylation sites (tertiary alicyclic amines) is 2. The summed E-state index contributed by atoms with van der Waals surface area (Å²) in [6.07, 6.45) is 0.165. The molecule has 1 aromatic carbocycles. The van der Waals surface area contributed by atoms with Gasteiger partial charge < -0.3 is 0 Å². The molecule has 2 aliphatic heterocycles. The molecule has 31 heavy (non-hydrogen) atoms. The van der Waals surface area contributed by atoms with Gasteiger partial charge in [-0.25, -0.2) is 4.68 Å². The number of para-hydroxylation sites is 1. The molecule has 5 nitrogen and oxygen atoms in total. The quantitative estimate of drug-likeness (QED) is 0.584. The fourth-order valence-electron chi connectivity index (χ4n) is 4.72. The maximum atomic E-state index is 13.3. The lowest BCUT2D eigenvalue weighted by Gasteiger charge is -2.33. The van der Waals surface area contributed by atoms with Crippen molar-refractivity contribution in [2.75, 3.05) is 26.2 Å². The first-order chi connectivity index (χ1) is 14.8. The standard InChI is InChI=1S/C22H30F3N5S/c1-17(28-13-6-3-7-14-28)20-26-29(21(31)30(20)19-10-4-2-5-11-19)16-27-12-8-9-18(15-27)22(23,24)25/h2,4-5,10-11,17-18H,3,6-9,12-16H2,1H3/t17-,18+/m1/s1. The van der Waals surface area contributed by atoms with E-state index in [-0.39, 0.29) is 25.7 Å². The predicted molar refractivity (Wildman–Crippen MR) is 117 cm³/mol. The van der Waals surface area contributed by atoms with E-state index in [1.807, 2.05) is 39.8 Å². The molecule has 2 saturated heterocycles. The van der Waals surface area contributed by atoms with Gasteiger partial charge in [0.25, 0.3) is 0 Å². The van der Waals surface area contributed by atoms with Gasteiger partial charge in [0.2, 0.25) is 4.77 Å². The summed E-state index contributed by atoms with van der Waals surface area (Å²) in [5.74, 6) is -0.430. The number of nitrogens with zero attached hydrogens (tertiary/aromatic N) is 5. The molecule has 2 atom stereocenters. The van der Waals surface area contributed by atoms with Crippen molar-refractivity contribution in [3.63, 3.8) is 0 Å². The maximum Gasteiger partial charge on any atom is 0.393 e. The van der Waals surface area contributed by atoms with Crippen molar-refractivity contribution in [1.82, 2.24) is 24.1 Å². The van der Waals surface area contributed by atoms with E-state index in [0.717, 1.165) is 24.6 Å². The Morgan fingerprint density at radius 1 is 1.06 bits per heavy atom. The van der Waals surface area contributed by atoms with Gasteiger partial charge in [0.15, 0.2) is 5.82 Å². The highest BCUT2D eigenvalue weighted by molar-refractivity contribution is 7.71. The Bertz CT molecular complexity index is 917. The van der Waals surface area contributed by atoms with Crippen molar-refractivity contribution in [2.45, 2.75) is 57.9 Å². The van der Waals surface area contributed by atoms with Gasteiger partial charge in [0.05, 0.1) is 18.6 Å². The number of rotatable bonds is 5. The number of alkyl halides is 3. The molecule has 1 aromatic heterocycles. The van der Waals surface area contributed by atoms with E-state index < -0.39 is 12.1 Å². The van der Waals surface area contributed by atoms with E-state index >= 15 is 0 Å². The first-order valence-electron chi connectivity index (χ1n) is 11.1.